The molecule has 0 spiro atoms. The third-order valence-electron chi connectivity index (χ3n) is 3.71. The average Bonchev–Trinajstić information content (AvgIpc) is 2.62. The van der Waals surface area contributed by atoms with E-state index in [1.807, 2.05) is 26.0 Å². The van der Waals surface area contributed by atoms with E-state index in [4.69, 9.17) is 4.74 Å². The van der Waals surface area contributed by atoms with Gasteiger partial charge in [-0.1, -0.05) is 37.3 Å². The summed E-state index contributed by atoms with van der Waals surface area (Å²) in [6.45, 7) is 3.87. The Labute approximate surface area is 146 Å². The smallest absolute Gasteiger partial charge is 0.263 e. The summed E-state index contributed by atoms with van der Waals surface area (Å²) in [4.78, 5) is 8.98. The number of nitrogens with zero attached hydrogens (tertiary/aromatic N) is 2. The number of ether oxygens (including phenoxy) is 1. The maximum absolute atomic E-state index is 12.6. The largest absolute Gasteiger partial charge is 0.472 e. The predicted octanol–water partition coefficient (Wildman–Crippen LogP) is 3.61. The van der Waals surface area contributed by atoms with Gasteiger partial charge in [0.2, 0.25) is 5.82 Å². The molecule has 0 aliphatic carbocycles. The quantitative estimate of drug-likeness (QED) is 0.729. The number of hydrogen-bond donors (Lipinski definition) is 1. The number of benzene rings is 2. The topological polar surface area (TPSA) is 81.2 Å². The Morgan fingerprint density at radius 3 is 2.24 bits per heavy atom. The lowest BCUT2D eigenvalue weighted by atomic mass is 10.3. The molecule has 1 atom stereocenters. The number of rotatable bonds is 6. The van der Waals surface area contributed by atoms with Gasteiger partial charge in [0.25, 0.3) is 15.9 Å². The van der Waals surface area contributed by atoms with Crippen LogP contribution >= 0.6 is 0 Å². The Morgan fingerprint density at radius 1 is 1.00 bits per heavy atom. The predicted molar refractivity (Wildman–Crippen MR) is 97.2 cm³/mol. The van der Waals surface area contributed by atoms with Crippen LogP contribution in [0, 0.1) is 0 Å². The van der Waals surface area contributed by atoms with Crippen molar-refractivity contribution in [1.29, 1.82) is 0 Å². The molecule has 3 rings (SSSR count). The molecule has 1 aromatic heterocycles. The van der Waals surface area contributed by atoms with Crippen LogP contribution in [0.25, 0.3) is 11.0 Å². The lowest BCUT2D eigenvalue weighted by Gasteiger charge is -2.16. The Balaban J connectivity index is 2.05. The first-order chi connectivity index (χ1) is 12.0. The van der Waals surface area contributed by atoms with Gasteiger partial charge in [-0.15, -0.1) is 0 Å². The van der Waals surface area contributed by atoms with Crippen molar-refractivity contribution in [3.05, 3.63) is 54.6 Å². The number of para-hydroxylation sites is 2. The number of fused-ring (bicyclic) bond motifs is 1. The zero-order chi connectivity index (χ0) is 17.9. The van der Waals surface area contributed by atoms with Gasteiger partial charge < -0.3 is 4.74 Å². The summed E-state index contributed by atoms with van der Waals surface area (Å²) in [6, 6.07) is 15.4. The zero-order valence-corrected chi connectivity index (χ0v) is 14.8. The normalized spacial score (nSPS) is 12.7. The van der Waals surface area contributed by atoms with E-state index < -0.39 is 10.0 Å². The lowest BCUT2D eigenvalue weighted by molar-refractivity contribution is 0.210. The van der Waals surface area contributed by atoms with E-state index in [9.17, 15) is 8.42 Å². The molecule has 0 saturated heterocycles. The summed E-state index contributed by atoms with van der Waals surface area (Å²) in [7, 11) is -3.78. The summed E-state index contributed by atoms with van der Waals surface area (Å²) in [6.07, 6.45) is 0.648. The van der Waals surface area contributed by atoms with Crippen molar-refractivity contribution in [2.24, 2.45) is 0 Å². The van der Waals surface area contributed by atoms with Gasteiger partial charge in [-0.2, -0.15) is 0 Å². The fourth-order valence-electron chi connectivity index (χ4n) is 2.19. The van der Waals surface area contributed by atoms with Gasteiger partial charge in [-0.05, 0) is 37.6 Å². The Kier molecular flexibility index (Phi) is 4.85. The minimum Gasteiger partial charge on any atom is -0.472 e. The van der Waals surface area contributed by atoms with Gasteiger partial charge in [0.05, 0.1) is 22.0 Å². The molecule has 25 heavy (non-hydrogen) atoms. The molecular formula is C18H19N3O3S. The van der Waals surface area contributed by atoms with E-state index in [2.05, 4.69) is 14.7 Å². The highest BCUT2D eigenvalue weighted by Crippen LogP contribution is 2.27. The van der Waals surface area contributed by atoms with Crippen molar-refractivity contribution in [2.45, 2.75) is 31.3 Å². The van der Waals surface area contributed by atoms with Crippen LogP contribution in [0.4, 0.5) is 5.82 Å². The van der Waals surface area contributed by atoms with Gasteiger partial charge in [-0.3, -0.25) is 4.72 Å². The van der Waals surface area contributed by atoms with Crippen LogP contribution < -0.4 is 9.46 Å². The molecule has 0 radical (unpaired) electrons. The minimum absolute atomic E-state index is 0.0860. The standard InChI is InChI=1S/C18H19N3O3S/c1-3-13(2)24-18-17(19-15-11-7-8-12-16(15)20-18)21-25(22,23)14-9-5-4-6-10-14/h4-13H,3H2,1-2H3,(H,19,21)/t13-/m0/s1. The lowest BCUT2D eigenvalue weighted by Crippen LogP contribution is -2.18. The van der Waals surface area contributed by atoms with Crippen LogP contribution in [0.1, 0.15) is 20.3 Å². The molecule has 3 aromatic rings. The van der Waals surface area contributed by atoms with E-state index >= 15 is 0 Å². The first-order valence-electron chi connectivity index (χ1n) is 8.01. The Morgan fingerprint density at radius 2 is 1.60 bits per heavy atom. The SMILES string of the molecule is CC[C@H](C)Oc1nc2ccccc2nc1NS(=O)(=O)c1ccccc1. The molecule has 2 aromatic carbocycles. The number of aromatic nitrogens is 2. The Hall–Kier alpha value is -2.67. The van der Waals surface area contributed by atoms with Crippen LogP contribution in [-0.2, 0) is 10.0 Å². The molecule has 7 heteroatoms. The summed E-state index contributed by atoms with van der Waals surface area (Å²) < 4.78 is 33.5. The highest BCUT2D eigenvalue weighted by atomic mass is 32.2. The molecule has 0 aliphatic heterocycles. The molecule has 0 saturated carbocycles. The third-order valence-corrected chi connectivity index (χ3v) is 5.07. The highest BCUT2D eigenvalue weighted by Gasteiger charge is 2.20. The van der Waals surface area contributed by atoms with Crippen LogP contribution in [0.5, 0.6) is 5.88 Å². The van der Waals surface area contributed by atoms with Gasteiger partial charge in [0.15, 0.2) is 0 Å². The molecule has 6 nitrogen and oxygen atoms in total. The monoisotopic (exact) mass is 357 g/mol. The first-order valence-corrected chi connectivity index (χ1v) is 9.49. The van der Waals surface area contributed by atoms with Gasteiger partial charge >= 0.3 is 0 Å². The first kappa shape index (κ1) is 17.2. The molecule has 0 amide bonds. The number of nitrogens with one attached hydrogen (secondary N) is 1. The Bertz CT molecular complexity index is 975. The van der Waals surface area contributed by atoms with Crippen LogP contribution in [-0.4, -0.2) is 24.5 Å². The zero-order valence-electron chi connectivity index (χ0n) is 14.0. The molecule has 0 unspecified atom stereocenters. The van der Waals surface area contributed by atoms with Crippen molar-refractivity contribution in [3.63, 3.8) is 0 Å². The average molecular weight is 357 g/mol. The maximum Gasteiger partial charge on any atom is 0.263 e. The fraction of sp³-hybridized carbons (Fsp3) is 0.222. The summed E-state index contributed by atoms with van der Waals surface area (Å²) in [5.41, 5.74) is 1.23. The molecule has 0 fully saturated rings. The number of anilines is 1. The van der Waals surface area contributed by atoms with Gasteiger partial charge in [-0.25, -0.2) is 18.4 Å². The maximum atomic E-state index is 12.6. The molecule has 0 bridgehead atoms. The fourth-order valence-corrected chi connectivity index (χ4v) is 3.21. The van der Waals surface area contributed by atoms with Crippen molar-refractivity contribution < 1.29 is 13.2 Å². The van der Waals surface area contributed by atoms with E-state index in [0.717, 1.165) is 6.42 Å². The number of hydrogen-bond acceptors (Lipinski definition) is 5. The van der Waals surface area contributed by atoms with Crippen molar-refractivity contribution in [3.8, 4) is 5.88 Å². The number of sulfonamides is 1. The summed E-state index contributed by atoms with van der Waals surface area (Å²) >= 11 is 0. The van der Waals surface area contributed by atoms with Crippen molar-refractivity contribution >= 4 is 26.9 Å². The van der Waals surface area contributed by atoms with Crippen molar-refractivity contribution in [2.75, 3.05) is 4.72 Å². The molecule has 0 aliphatic rings. The molecule has 1 N–H and O–H groups in total. The van der Waals surface area contributed by atoms with Gasteiger partial charge in [0.1, 0.15) is 0 Å². The second-order valence-corrected chi connectivity index (χ2v) is 7.30. The minimum atomic E-state index is -3.78. The summed E-state index contributed by atoms with van der Waals surface area (Å²) in [5.74, 6) is 0.260. The van der Waals surface area contributed by atoms with Crippen molar-refractivity contribution in [1.82, 2.24) is 9.97 Å². The molecular weight excluding hydrogens is 338 g/mol. The van der Waals surface area contributed by atoms with E-state index in [0.29, 0.717) is 11.0 Å². The van der Waals surface area contributed by atoms with E-state index in [1.54, 1.807) is 30.3 Å². The van der Waals surface area contributed by atoms with Crippen LogP contribution in [0.3, 0.4) is 0 Å². The van der Waals surface area contributed by atoms with E-state index in [1.165, 1.54) is 12.1 Å². The van der Waals surface area contributed by atoms with Crippen LogP contribution in [0.15, 0.2) is 59.5 Å². The van der Waals surface area contributed by atoms with Crippen LogP contribution in [0.2, 0.25) is 0 Å². The molecule has 130 valence electrons. The van der Waals surface area contributed by atoms with E-state index in [-0.39, 0.29) is 22.7 Å². The highest BCUT2D eigenvalue weighted by molar-refractivity contribution is 7.92. The second-order valence-electron chi connectivity index (χ2n) is 5.62. The second kappa shape index (κ2) is 7.06. The molecule has 1 heterocycles. The third kappa shape index (κ3) is 3.88. The summed E-state index contributed by atoms with van der Waals surface area (Å²) in [5, 5.41) is 0. The van der Waals surface area contributed by atoms with Gasteiger partial charge in [0, 0.05) is 0 Å².